The summed E-state index contributed by atoms with van der Waals surface area (Å²) in [4.78, 5) is 0. The van der Waals surface area contributed by atoms with Gasteiger partial charge in [0, 0.05) is 17.5 Å². The zero-order chi connectivity index (χ0) is 13.1. The molecule has 0 heterocycles. The molecular formula is C12H27NO2S2. The number of nitrogens with one attached hydrogen (secondary N) is 1. The van der Waals surface area contributed by atoms with Gasteiger partial charge in [0.25, 0.3) is 0 Å². The van der Waals surface area contributed by atoms with E-state index in [1.54, 1.807) is 6.92 Å². The fraction of sp³-hybridized carbons (Fsp3) is 1.00. The fourth-order valence-corrected chi connectivity index (χ4v) is 3.52. The quantitative estimate of drug-likeness (QED) is 0.590. The smallest absolute Gasteiger partial charge is 0.150 e. The monoisotopic (exact) mass is 281 g/mol. The summed E-state index contributed by atoms with van der Waals surface area (Å²) in [6.07, 6.45) is 2.94. The van der Waals surface area contributed by atoms with E-state index >= 15 is 0 Å². The van der Waals surface area contributed by atoms with E-state index in [9.17, 15) is 8.42 Å². The predicted octanol–water partition coefficient (Wildman–Crippen LogP) is 2.32. The largest absolute Gasteiger partial charge is 0.313 e. The van der Waals surface area contributed by atoms with Gasteiger partial charge in [-0.3, -0.25) is 0 Å². The lowest BCUT2D eigenvalue weighted by Crippen LogP contribution is -2.31. The summed E-state index contributed by atoms with van der Waals surface area (Å²) >= 11 is 1.95. The molecule has 0 rings (SSSR count). The van der Waals surface area contributed by atoms with Crippen molar-refractivity contribution in [1.82, 2.24) is 5.32 Å². The first-order valence-corrected chi connectivity index (χ1v) is 9.54. The molecule has 3 nitrogen and oxygen atoms in total. The van der Waals surface area contributed by atoms with Gasteiger partial charge in [-0.2, -0.15) is 11.8 Å². The summed E-state index contributed by atoms with van der Waals surface area (Å²) in [5.41, 5.74) is 0. The van der Waals surface area contributed by atoms with Gasteiger partial charge < -0.3 is 5.32 Å². The Balaban J connectivity index is 3.83. The van der Waals surface area contributed by atoms with Crippen LogP contribution in [0, 0.1) is 0 Å². The third-order valence-electron chi connectivity index (χ3n) is 2.61. The van der Waals surface area contributed by atoms with E-state index in [-0.39, 0.29) is 5.75 Å². The molecule has 0 saturated heterocycles. The molecule has 0 amide bonds. The molecule has 0 saturated carbocycles. The summed E-state index contributed by atoms with van der Waals surface area (Å²) in [5.74, 6) is 2.89. The Hall–Kier alpha value is 0.260. The van der Waals surface area contributed by atoms with Crippen LogP contribution in [0.4, 0.5) is 0 Å². The predicted molar refractivity (Wildman–Crippen MR) is 78.6 cm³/mol. The van der Waals surface area contributed by atoms with Crippen molar-refractivity contribution in [2.24, 2.45) is 0 Å². The van der Waals surface area contributed by atoms with Crippen molar-refractivity contribution in [3.8, 4) is 0 Å². The molecule has 0 spiro atoms. The number of hydrogen-bond acceptors (Lipinski definition) is 4. The molecular weight excluding hydrogens is 254 g/mol. The highest BCUT2D eigenvalue weighted by Crippen LogP contribution is 2.09. The summed E-state index contributed by atoms with van der Waals surface area (Å²) < 4.78 is 22.7. The SMILES string of the molecule is CCCSCC(CCCS(=O)(=O)CC)NCC. The van der Waals surface area contributed by atoms with Crippen LogP contribution < -0.4 is 5.32 Å². The second-order valence-electron chi connectivity index (χ2n) is 4.21. The van der Waals surface area contributed by atoms with Crippen LogP contribution in [0.5, 0.6) is 0 Å². The van der Waals surface area contributed by atoms with Gasteiger partial charge in [-0.05, 0) is 31.6 Å². The zero-order valence-corrected chi connectivity index (χ0v) is 13.0. The molecule has 0 fully saturated rings. The molecule has 1 unspecified atom stereocenters. The molecule has 17 heavy (non-hydrogen) atoms. The van der Waals surface area contributed by atoms with Crippen LogP contribution in [-0.2, 0) is 9.84 Å². The molecule has 0 radical (unpaired) electrons. The summed E-state index contributed by atoms with van der Waals surface area (Å²) in [6, 6.07) is 0.462. The second kappa shape index (κ2) is 10.2. The maximum Gasteiger partial charge on any atom is 0.150 e. The van der Waals surface area contributed by atoms with Crippen molar-refractivity contribution in [3.05, 3.63) is 0 Å². The Kier molecular flexibility index (Phi) is 10.4. The van der Waals surface area contributed by atoms with Crippen molar-refractivity contribution in [2.45, 2.75) is 46.1 Å². The second-order valence-corrected chi connectivity index (χ2v) is 7.83. The molecule has 0 aliphatic heterocycles. The lowest BCUT2D eigenvalue weighted by Gasteiger charge is -2.17. The van der Waals surface area contributed by atoms with E-state index in [1.165, 1.54) is 12.2 Å². The minimum atomic E-state index is -2.79. The van der Waals surface area contributed by atoms with E-state index in [0.29, 0.717) is 11.8 Å². The first-order chi connectivity index (χ1) is 8.05. The van der Waals surface area contributed by atoms with Gasteiger partial charge in [0.05, 0.1) is 5.75 Å². The van der Waals surface area contributed by atoms with E-state index in [1.807, 2.05) is 11.8 Å². The van der Waals surface area contributed by atoms with Crippen LogP contribution in [0.1, 0.15) is 40.0 Å². The molecule has 0 aliphatic rings. The lowest BCUT2D eigenvalue weighted by molar-refractivity contribution is 0.527. The van der Waals surface area contributed by atoms with Crippen molar-refractivity contribution in [2.75, 3.05) is 29.6 Å². The molecule has 0 aromatic heterocycles. The molecule has 0 aromatic rings. The number of rotatable bonds is 11. The van der Waals surface area contributed by atoms with E-state index in [2.05, 4.69) is 19.2 Å². The van der Waals surface area contributed by atoms with Crippen molar-refractivity contribution < 1.29 is 8.42 Å². The van der Waals surface area contributed by atoms with Crippen molar-refractivity contribution in [1.29, 1.82) is 0 Å². The average molecular weight is 281 g/mol. The van der Waals surface area contributed by atoms with Crippen LogP contribution in [-0.4, -0.2) is 44.0 Å². The first kappa shape index (κ1) is 17.3. The van der Waals surface area contributed by atoms with Gasteiger partial charge in [0.2, 0.25) is 0 Å². The van der Waals surface area contributed by atoms with Crippen LogP contribution in [0.3, 0.4) is 0 Å². The van der Waals surface area contributed by atoms with Gasteiger partial charge in [0.1, 0.15) is 9.84 Å². The maximum absolute atomic E-state index is 11.4. The minimum absolute atomic E-state index is 0.267. The highest BCUT2D eigenvalue weighted by Gasteiger charge is 2.11. The first-order valence-electron chi connectivity index (χ1n) is 6.57. The highest BCUT2D eigenvalue weighted by atomic mass is 32.2. The Morgan fingerprint density at radius 3 is 2.47 bits per heavy atom. The van der Waals surface area contributed by atoms with Crippen molar-refractivity contribution >= 4 is 21.6 Å². The molecule has 0 aliphatic carbocycles. The van der Waals surface area contributed by atoms with Gasteiger partial charge in [-0.25, -0.2) is 8.42 Å². The number of thioether (sulfide) groups is 1. The van der Waals surface area contributed by atoms with E-state index in [4.69, 9.17) is 0 Å². The molecule has 0 aromatic carbocycles. The Morgan fingerprint density at radius 1 is 1.24 bits per heavy atom. The minimum Gasteiger partial charge on any atom is -0.313 e. The Bertz CT molecular complexity index is 266. The summed E-state index contributed by atoms with van der Waals surface area (Å²) in [6.45, 7) is 6.95. The normalized spacial score (nSPS) is 13.8. The maximum atomic E-state index is 11.4. The Morgan fingerprint density at radius 2 is 1.94 bits per heavy atom. The van der Waals surface area contributed by atoms with Crippen LogP contribution in [0.15, 0.2) is 0 Å². The molecule has 104 valence electrons. The third kappa shape index (κ3) is 9.92. The summed E-state index contributed by atoms with van der Waals surface area (Å²) in [7, 11) is -2.79. The molecule has 0 bridgehead atoms. The molecule has 1 N–H and O–H groups in total. The Labute approximate surface area is 111 Å². The highest BCUT2D eigenvalue weighted by molar-refractivity contribution is 7.99. The zero-order valence-electron chi connectivity index (χ0n) is 11.4. The molecule has 1 atom stereocenters. The van der Waals surface area contributed by atoms with Gasteiger partial charge in [-0.15, -0.1) is 0 Å². The standard InChI is InChI=1S/C12H27NO2S2/c1-4-9-16-11-12(13-5-2)8-7-10-17(14,15)6-3/h12-13H,4-11H2,1-3H3. The van der Waals surface area contributed by atoms with Crippen LogP contribution in [0.25, 0.3) is 0 Å². The topological polar surface area (TPSA) is 46.2 Å². The fourth-order valence-electron chi connectivity index (χ4n) is 1.60. The van der Waals surface area contributed by atoms with Gasteiger partial charge in [0.15, 0.2) is 0 Å². The lowest BCUT2D eigenvalue weighted by atomic mass is 10.2. The summed E-state index contributed by atoms with van der Waals surface area (Å²) in [5, 5.41) is 3.43. The third-order valence-corrected chi connectivity index (χ3v) is 5.73. The van der Waals surface area contributed by atoms with E-state index < -0.39 is 9.84 Å². The van der Waals surface area contributed by atoms with Gasteiger partial charge in [-0.1, -0.05) is 20.8 Å². The van der Waals surface area contributed by atoms with Gasteiger partial charge >= 0.3 is 0 Å². The van der Waals surface area contributed by atoms with Crippen LogP contribution >= 0.6 is 11.8 Å². The number of hydrogen-bond donors (Lipinski definition) is 1. The van der Waals surface area contributed by atoms with Crippen LogP contribution in [0.2, 0.25) is 0 Å². The average Bonchev–Trinajstić information content (AvgIpc) is 2.29. The van der Waals surface area contributed by atoms with Crippen molar-refractivity contribution in [3.63, 3.8) is 0 Å². The van der Waals surface area contributed by atoms with E-state index in [0.717, 1.165) is 25.1 Å². The molecule has 5 heteroatoms. The number of sulfone groups is 1.